The molecule has 1 aromatic rings. The van der Waals surface area contributed by atoms with E-state index in [4.69, 9.17) is 9.47 Å². The lowest BCUT2D eigenvalue weighted by Gasteiger charge is -2.22. The van der Waals surface area contributed by atoms with E-state index in [1.165, 1.54) is 4.90 Å². The van der Waals surface area contributed by atoms with Gasteiger partial charge in [-0.2, -0.15) is 0 Å². The highest BCUT2D eigenvalue weighted by atomic mass is 79.9. The van der Waals surface area contributed by atoms with Crippen LogP contribution in [0.3, 0.4) is 0 Å². The monoisotopic (exact) mass is 454 g/mol. The second-order valence-corrected chi connectivity index (χ2v) is 8.47. The molecule has 2 aliphatic rings. The van der Waals surface area contributed by atoms with Crippen LogP contribution < -0.4 is 0 Å². The van der Waals surface area contributed by atoms with Gasteiger partial charge in [-0.3, -0.25) is 0 Å². The van der Waals surface area contributed by atoms with Crippen LogP contribution in [0.4, 0.5) is 4.79 Å². The molecule has 1 aromatic carbocycles. The van der Waals surface area contributed by atoms with E-state index in [0.29, 0.717) is 26.2 Å². The fraction of sp³-hybridized carbons (Fsp3) is 0.556. The molecule has 0 aliphatic carbocycles. The maximum Gasteiger partial charge on any atom is 0.417 e. The first-order valence-corrected chi connectivity index (χ1v) is 9.83. The largest absolute Gasteiger partial charge is 0.444 e. The summed E-state index contributed by atoms with van der Waals surface area (Å²) in [5.41, 5.74) is 0.624. The number of rotatable bonds is 5. The molecule has 1 unspecified atom stereocenters. The van der Waals surface area contributed by atoms with Gasteiger partial charge in [-0.1, -0.05) is 28.1 Å². The Kier molecular flexibility index (Phi) is 6.19. The first kappa shape index (κ1) is 20.5. The lowest BCUT2D eigenvalue weighted by atomic mass is 9.97. The van der Waals surface area contributed by atoms with Gasteiger partial charge in [0, 0.05) is 23.5 Å². The van der Waals surface area contributed by atoms with Crippen molar-refractivity contribution in [2.24, 2.45) is 11.0 Å². The third kappa shape index (κ3) is 5.20. The molecule has 0 bridgehead atoms. The Balaban J connectivity index is 1.64. The van der Waals surface area contributed by atoms with Gasteiger partial charge in [0.1, 0.15) is 11.7 Å². The molecule has 152 valence electrons. The van der Waals surface area contributed by atoms with Crippen molar-refractivity contribution in [1.29, 1.82) is 0 Å². The lowest BCUT2D eigenvalue weighted by molar-refractivity contribution is -0.486. The third-order valence-corrected chi connectivity index (χ3v) is 5.28. The van der Waals surface area contributed by atoms with Crippen LogP contribution in [0.5, 0.6) is 0 Å². The maximum absolute atomic E-state index is 12.5. The van der Waals surface area contributed by atoms with Crippen LogP contribution in [-0.4, -0.2) is 58.7 Å². The molecular weight excluding hydrogens is 432 g/mol. The molecule has 2 aliphatic heterocycles. The first-order valence-electron chi connectivity index (χ1n) is 9.04. The summed E-state index contributed by atoms with van der Waals surface area (Å²) < 4.78 is 12.0. The minimum atomic E-state index is -0.780. The molecule has 1 amide bonds. The van der Waals surface area contributed by atoms with Crippen molar-refractivity contribution in [3.8, 4) is 0 Å². The average Bonchev–Trinajstić information content (AvgIpc) is 3.17. The summed E-state index contributed by atoms with van der Waals surface area (Å²) in [4.78, 5) is 26.5. The van der Waals surface area contributed by atoms with E-state index < -0.39 is 11.1 Å². The number of hydrogen-bond donors (Lipinski definition) is 0. The van der Waals surface area contributed by atoms with Gasteiger partial charge in [-0.25, -0.2) is 19.8 Å². The molecule has 2 saturated heterocycles. The average molecular weight is 455 g/mol. The van der Waals surface area contributed by atoms with Gasteiger partial charge < -0.3 is 14.4 Å². The highest BCUT2D eigenvalue weighted by Crippen LogP contribution is 2.30. The van der Waals surface area contributed by atoms with Crippen molar-refractivity contribution in [1.82, 2.24) is 9.80 Å². The quantitative estimate of drug-likeness (QED) is 0.500. The Morgan fingerprint density at radius 3 is 2.71 bits per heavy atom. The number of amides is 1. The van der Waals surface area contributed by atoms with E-state index in [2.05, 4.69) is 21.0 Å². The minimum Gasteiger partial charge on any atom is -0.444 e. The summed E-state index contributed by atoms with van der Waals surface area (Å²) in [6, 6.07) is 7.38. The third-order valence-electron chi connectivity index (χ3n) is 4.75. The van der Waals surface area contributed by atoms with E-state index in [0.717, 1.165) is 16.5 Å². The molecule has 0 N–H and O–H groups in total. The van der Waals surface area contributed by atoms with Crippen molar-refractivity contribution >= 4 is 28.0 Å². The van der Waals surface area contributed by atoms with E-state index >= 15 is 0 Å². The topological polar surface area (TPSA) is 97.5 Å². The van der Waals surface area contributed by atoms with Crippen molar-refractivity contribution in [3.05, 3.63) is 44.4 Å². The summed E-state index contributed by atoms with van der Waals surface area (Å²) >= 11 is 3.35. The van der Waals surface area contributed by atoms with Crippen LogP contribution in [0.1, 0.15) is 25.8 Å². The molecular formula is C18H23BrN4O5. The molecule has 2 heterocycles. The van der Waals surface area contributed by atoms with Gasteiger partial charge in [-0.15, -0.1) is 0 Å². The predicted octanol–water partition coefficient (Wildman–Crippen LogP) is 3.07. The molecule has 10 heteroatoms. The second-order valence-electron chi connectivity index (χ2n) is 7.56. The Morgan fingerprint density at radius 2 is 2.11 bits per heavy atom. The van der Waals surface area contributed by atoms with Gasteiger partial charge >= 0.3 is 6.09 Å². The van der Waals surface area contributed by atoms with Crippen LogP contribution in [0.15, 0.2) is 33.8 Å². The van der Waals surface area contributed by atoms with Crippen molar-refractivity contribution < 1.29 is 19.3 Å². The fourth-order valence-corrected chi connectivity index (χ4v) is 3.78. The van der Waals surface area contributed by atoms with E-state index in [1.807, 2.05) is 38.1 Å². The number of ether oxygens (including phenoxy) is 2. The van der Waals surface area contributed by atoms with Gasteiger partial charge in [0.05, 0.1) is 18.8 Å². The van der Waals surface area contributed by atoms with Crippen LogP contribution in [0.25, 0.3) is 0 Å². The number of benzene rings is 1. The second kappa shape index (κ2) is 8.44. The molecule has 28 heavy (non-hydrogen) atoms. The molecule has 9 nitrogen and oxygen atoms in total. The number of nitro groups is 1. The van der Waals surface area contributed by atoms with Gasteiger partial charge in [0.25, 0.3) is 5.96 Å². The molecule has 0 spiro atoms. The Morgan fingerprint density at radius 1 is 1.39 bits per heavy atom. The molecule has 1 atom stereocenters. The van der Waals surface area contributed by atoms with Crippen molar-refractivity contribution in [2.45, 2.75) is 32.5 Å². The summed E-state index contributed by atoms with van der Waals surface area (Å²) in [5, 5.41) is 13.7. The van der Waals surface area contributed by atoms with Gasteiger partial charge in [0.2, 0.25) is 0 Å². The summed E-state index contributed by atoms with van der Waals surface area (Å²) in [5.74, 6) is 0.251. The zero-order valence-electron chi connectivity index (χ0n) is 15.8. The number of hydrazone groups is 1. The van der Waals surface area contributed by atoms with E-state index in [1.54, 1.807) is 4.90 Å². The maximum atomic E-state index is 12.5. The molecule has 2 fully saturated rings. The first-order chi connectivity index (χ1) is 13.2. The lowest BCUT2D eigenvalue weighted by Crippen LogP contribution is -2.40. The minimum absolute atomic E-state index is 0.0236. The highest BCUT2D eigenvalue weighted by Gasteiger charge is 2.39. The van der Waals surface area contributed by atoms with E-state index in [9.17, 15) is 14.9 Å². The Bertz CT molecular complexity index is 768. The number of halogens is 1. The van der Waals surface area contributed by atoms with Crippen LogP contribution in [-0.2, 0) is 16.1 Å². The van der Waals surface area contributed by atoms with Crippen LogP contribution >= 0.6 is 15.9 Å². The zero-order chi connectivity index (χ0) is 20.3. The zero-order valence-corrected chi connectivity index (χ0v) is 17.4. The Hall–Kier alpha value is -2.20. The highest BCUT2D eigenvalue weighted by molar-refractivity contribution is 9.10. The smallest absolute Gasteiger partial charge is 0.417 e. The van der Waals surface area contributed by atoms with E-state index in [-0.39, 0.29) is 24.1 Å². The predicted molar refractivity (Wildman–Crippen MR) is 105 cm³/mol. The summed E-state index contributed by atoms with van der Waals surface area (Å²) in [7, 11) is 0. The molecule has 0 aromatic heterocycles. The van der Waals surface area contributed by atoms with Crippen LogP contribution in [0.2, 0.25) is 0 Å². The van der Waals surface area contributed by atoms with Crippen molar-refractivity contribution in [3.63, 3.8) is 0 Å². The molecule has 0 radical (unpaired) electrons. The Labute approximate surface area is 171 Å². The van der Waals surface area contributed by atoms with Gasteiger partial charge in [-0.05, 0) is 38.0 Å². The van der Waals surface area contributed by atoms with Crippen LogP contribution in [0, 0.1) is 16.0 Å². The summed E-state index contributed by atoms with van der Waals surface area (Å²) in [6.45, 7) is 6.03. The fourth-order valence-electron chi connectivity index (χ4n) is 3.52. The van der Waals surface area contributed by atoms with Crippen molar-refractivity contribution in [2.75, 3.05) is 26.2 Å². The number of hydrogen-bond acceptors (Lipinski definition) is 5. The number of nitrogens with zero attached hydrogens (tertiary/aromatic N) is 4. The van der Waals surface area contributed by atoms with Gasteiger partial charge in [0.15, 0.2) is 5.03 Å². The molecule has 0 saturated carbocycles. The normalized spacial score (nSPS) is 22.7. The number of guanidine groups is 1. The summed E-state index contributed by atoms with van der Waals surface area (Å²) in [6.07, 6.45) is 0.206. The molecule has 3 rings (SSSR count). The number of carbonyl (C=O) groups excluding carboxylic acids is 1. The SMILES string of the molecule is CC1(C)CC(CN2CCN(C(=O)OCc3ccc(Br)cc3)C2=N[N+](=O)[O-])CO1. The standard InChI is InChI=1S/C18H23BrN4O5/c1-18(2)9-14(12-28-18)10-21-7-8-22(16(21)20-23(25)26)17(24)27-11-13-3-5-15(19)6-4-13/h3-6,14H,7-12H2,1-2H3. The number of carbonyl (C=O) groups is 1.